The minimum Gasteiger partial charge on any atom is -0.497 e. The van der Waals surface area contributed by atoms with E-state index in [4.69, 9.17) is 10.5 Å². The van der Waals surface area contributed by atoms with Gasteiger partial charge in [0.2, 0.25) is 0 Å². The molecular formula is C12H19NO3S. The van der Waals surface area contributed by atoms with Crippen molar-refractivity contribution in [1.29, 1.82) is 0 Å². The number of sulfone groups is 1. The molecule has 1 aromatic rings. The van der Waals surface area contributed by atoms with E-state index in [-0.39, 0.29) is 5.75 Å². The lowest BCUT2D eigenvalue weighted by Gasteiger charge is -2.12. The van der Waals surface area contributed by atoms with Gasteiger partial charge in [-0.05, 0) is 50.1 Å². The molecule has 0 heterocycles. The number of aryl methyl sites for hydroxylation is 2. The fourth-order valence-electron chi connectivity index (χ4n) is 1.89. The molecule has 4 nitrogen and oxygen atoms in total. The summed E-state index contributed by atoms with van der Waals surface area (Å²) in [5.41, 5.74) is 6.79. The van der Waals surface area contributed by atoms with Crippen molar-refractivity contribution >= 4 is 9.84 Å². The summed E-state index contributed by atoms with van der Waals surface area (Å²) < 4.78 is 29.4. The predicted molar refractivity (Wildman–Crippen MR) is 68.2 cm³/mol. The third-order valence-electron chi connectivity index (χ3n) is 2.60. The molecule has 1 rings (SSSR count). The molecule has 17 heavy (non-hydrogen) atoms. The van der Waals surface area contributed by atoms with Crippen LogP contribution in [0.5, 0.6) is 5.75 Å². The Morgan fingerprint density at radius 1 is 1.24 bits per heavy atom. The van der Waals surface area contributed by atoms with Gasteiger partial charge in [0.1, 0.15) is 5.75 Å². The Balaban J connectivity index is 3.23. The van der Waals surface area contributed by atoms with Crippen molar-refractivity contribution < 1.29 is 13.2 Å². The molecule has 0 saturated heterocycles. The molecule has 5 heteroatoms. The summed E-state index contributed by atoms with van der Waals surface area (Å²) in [5.74, 6) is 0.773. The number of nitrogens with two attached hydrogens (primary N) is 1. The second-order valence-electron chi connectivity index (χ2n) is 4.05. The smallest absolute Gasteiger partial charge is 0.178 e. The van der Waals surface area contributed by atoms with Gasteiger partial charge in [-0.15, -0.1) is 0 Å². The number of hydrogen-bond acceptors (Lipinski definition) is 4. The summed E-state index contributed by atoms with van der Waals surface area (Å²) in [5, 5.41) is 0. The number of ether oxygens (including phenoxy) is 1. The van der Waals surface area contributed by atoms with E-state index in [1.807, 2.05) is 0 Å². The van der Waals surface area contributed by atoms with Gasteiger partial charge in [-0.25, -0.2) is 8.42 Å². The Kier molecular flexibility index (Phi) is 4.54. The number of methoxy groups -OCH3 is 1. The van der Waals surface area contributed by atoms with E-state index in [0.29, 0.717) is 23.6 Å². The standard InChI is InChI=1S/C12H19NO3S/c1-9-7-11(16-3)8-10(2)12(9)17(14,15)6-4-5-13/h7-8H,4-6,13H2,1-3H3. The van der Waals surface area contributed by atoms with E-state index < -0.39 is 9.84 Å². The SMILES string of the molecule is COc1cc(C)c(S(=O)(=O)CCCN)c(C)c1. The molecular weight excluding hydrogens is 238 g/mol. The van der Waals surface area contributed by atoms with E-state index in [2.05, 4.69) is 0 Å². The minimum atomic E-state index is -3.24. The average molecular weight is 257 g/mol. The highest BCUT2D eigenvalue weighted by Crippen LogP contribution is 2.26. The van der Waals surface area contributed by atoms with E-state index >= 15 is 0 Å². The monoisotopic (exact) mass is 257 g/mol. The molecule has 0 aromatic heterocycles. The van der Waals surface area contributed by atoms with Crippen LogP contribution in [0.4, 0.5) is 0 Å². The van der Waals surface area contributed by atoms with Gasteiger partial charge in [0.15, 0.2) is 9.84 Å². The molecule has 0 aliphatic heterocycles. The second-order valence-corrected chi connectivity index (χ2v) is 6.10. The third-order valence-corrected chi connectivity index (χ3v) is 4.69. The molecule has 96 valence electrons. The van der Waals surface area contributed by atoms with Gasteiger partial charge in [0.05, 0.1) is 17.8 Å². The number of benzene rings is 1. The Hall–Kier alpha value is -1.07. The van der Waals surface area contributed by atoms with Crippen molar-refractivity contribution in [3.8, 4) is 5.75 Å². The molecule has 0 aliphatic carbocycles. The van der Waals surface area contributed by atoms with Crippen molar-refractivity contribution in [2.24, 2.45) is 5.73 Å². The lowest BCUT2D eigenvalue weighted by atomic mass is 10.1. The lowest BCUT2D eigenvalue weighted by molar-refractivity contribution is 0.413. The van der Waals surface area contributed by atoms with E-state index in [0.717, 1.165) is 11.1 Å². The molecule has 2 N–H and O–H groups in total. The maximum absolute atomic E-state index is 12.1. The summed E-state index contributed by atoms with van der Waals surface area (Å²) in [7, 11) is -1.68. The number of rotatable bonds is 5. The van der Waals surface area contributed by atoms with Crippen LogP contribution in [-0.2, 0) is 9.84 Å². The molecule has 0 atom stereocenters. The third kappa shape index (κ3) is 3.20. The van der Waals surface area contributed by atoms with Gasteiger partial charge in [-0.1, -0.05) is 0 Å². The zero-order valence-electron chi connectivity index (χ0n) is 10.5. The van der Waals surface area contributed by atoms with Crippen LogP contribution < -0.4 is 10.5 Å². The maximum Gasteiger partial charge on any atom is 0.178 e. The van der Waals surface area contributed by atoms with Gasteiger partial charge in [0, 0.05) is 0 Å². The Labute approximate surface area is 103 Å². The van der Waals surface area contributed by atoms with Gasteiger partial charge in [-0.3, -0.25) is 0 Å². The van der Waals surface area contributed by atoms with Gasteiger partial charge < -0.3 is 10.5 Å². The minimum absolute atomic E-state index is 0.0948. The van der Waals surface area contributed by atoms with Crippen LogP contribution >= 0.6 is 0 Å². The Morgan fingerprint density at radius 3 is 2.18 bits per heavy atom. The highest BCUT2D eigenvalue weighted by atomic mass is 32.2. The Morgan fingerprint density at radius 2 is 1.76 bits per heavy atom. The number of hydrogen-bond donors (Lipinski definition) is 1. The summed E-state index contributed by atoms with van der Waals surface area (Å²) in [4.78, 5) is 0.409. The fraction of sp³-hybridized carbons (Fsp3) is 0.500. The van der Waals surface area contributed by atoms with Crippen LogP contribution in [-0.4, -0.2) is 27.8 Å². The van der Waals surface area contributed by atoms with Gasteiger partial charge >= 0.3 is 0 Å². The lowest BCUT2D eigenvalue weighted by Crippen LogP contribution is -2.14. The van der Waals surface area contributed by atoms with E-state index in [1.54, 1.807) is 33.1 Å². The molecule has 1 aromatic carbocycles. The van der Waals surface area contributed by atoms with Gasteiger partial charge in [-0.2, -0.15) is 0 Å². The molecule has 0 fully saturated rings. The van der Waals surface area contributed by atoms with Crippen LogP contribution in [0, 0.1) is 13.8 Å². The molecule has 0 bridgehead atoms. The van der Waals surface area contributed by atoms with Crippen LogP contribution in [0.3, 0.4) is 0 Å². The summed E-state index contributed by atoms with van der Waals surface area (Å²) >= 11 is 0. The quantitative estimate of drug-likeness (QED) is 0.866. The molecule has 0 unspecified atom stereocenters. The van der Waals surface area contributed by atoms with E-state index in [1.165, 1.54) is 0 Å². The molecule has 0 radical (unpaired) electrons. The van der Waals surface area contributed by atoms with Gasteiger partial charge in [0.25, 0.3) is 0 Å². The predicted octanol–water partition coefficient (Wildman–Crippen LogP) is 1.43. The summed E-state index contributed by atoms with van der Waals surface area (Å²) in [6.45, 7) is 3.95. The summed E-state index contributed by atoms with van der Waals surface area (Å²) in [6, 6.07) is 3.48. The highest BCUT2D eigenvalue weighted by molar-refractivity contribution is 7.91. The van der Waals surface area contributed by atoms with Crippen molar-refractivity contribution in [2.75, 3.05) is 19.4 Å². The highest BCUT2D eigenvalue weighted by Gasteiger charge is 2.19. The van der Waals surface area contributed by atoms with Crippen LogP contribution in [0.25, 0.3) is 0 Å². The molecule has 0 amide bonds. The first-order valence-electron chi connectivity index (χ1n) is 5.50. The molecule has 0 spiro atoms. The summed E-state index contributed by atoms with van der Waals surface area (Å²) in [6.07, 6.45) is 0.479. The average Bonchev–Trinajstić information content (AvgIpc) is 2.25. The topological polar surface area (TPSA) is 69.4 Å². The first-order valence-corrected chi connectivity index (χ1v) is 7.15. The largest absolute Gasteiger partial charge is 0.497 e. The molecule has 0 saturated carbocycles. The molecule has 0 aliphatic rings. The normalized spacial score (nSPS) is 11.5. The Bertz CT molecular complexity index is 471. The maximum atomic E-state index is 12.1. The first-order chi connectivity index (χ1) is 7.92. The van der Waals surface area contributed by atoms with Crippen molar-refractivity contribution in [2.45, 2.75) is 25.2 Å². The van der Waals surface area contributed by atoms with Crippen LogP contribution in [0.2, 0.25) is 0 Å². The van der Waals surface area contributed by atoms with Crippen molar-refractivity contribution in [3.05, 3.63) is 23.3 Å². The fourth-order valence-corrected chi connectivity index (χ4v) is 3.74. The van der Waals surface area contributed by atoms with Crippen LogP contribution in [0.15, 0.2) is 17.0 Å². The van der Waals surface area contributed by atoms with E-state index in [9.17, 15) is 8.42 Å². The second kappa shape index (κ2) is 5.51. The van der Waals surface area contributed by atoms with Crippen LogP contribution in [0.1, 0.15) is 17.5 Å². The first kappa shape index (κ1) is 14.0. The van der Waals surface area contributed by atoms with Crippen molar-refractivity contribution in [1.82, 2.24) is 0 Å². The zero-order valence-corrected chi connectivity index (χ0v) is 11.3. The van der Waals surface area contributed by atoms with Crippen molar-refractivity contribution in [3.63, 3.8) is 0 Å². The zero-order chi connectivity index (χ0) is 13.1.